The van der Waals surface area contributed by atoms with Crippen molar-refractivity contribution in [2.24, 2.45) is 0 Å². The van der Waals surface area contributed by atoms with Gasteiger partial charge in [-0.3, -0.25) is 9.36 Å². The van der Waals surface area contributed by atoms with Gasteiger partial charge in [0.1, 0.15) is 17.1 Å². The molecule has 1 aliphatic carbocycles. The summed E-state index contributed by atoms with van der Waals surface area (Å²) >= 11 is 6.16. The zero-order valence-corrected chi connectivity index (χ0v) is 23.3. The summed E-state index contributed by atoms with van der Waals surface area (Å²) in [5.74, 6) is 1.43. The molecule has 2 fully saturated rings. The van der Waals surface area contributed by atoms with Gasteiger partial charge in [0.2, 0.25) is 0 Å². The minimum atomic E-state index is -0.175. The van der Waals surface area contributed by atoms with Crippen LogP contribution >= 0.6 is 11.8 Å². The van der Waals surface area contributed by atoms with Gasteiger partial charge < -0.3 is 10.6 Å². The summed E-state index contributed by atoms with van der Waals surface area (Å²) in [6.45, 7) is 1.49. The van der Waals surface area contributed by atoms with Gasteiger partial charge in [0.25, 0.3) is 0 Å². The number of nitrogens with one attached hydrogen (secondary N) is 1. The number of benzene rings is 2. The molecule has 1 saturated heterocycles. The minimum absolute atomic E-state index is 0.175. The fourth-order valence-electron chi connectivity index (χ4n) is 5.92. The molecule has 8 nitrogen and oxygen atoms in total. The van der Waals surface area contributed by atoms with Gasteiger partial charge in [-0.05, 0) is 85.1 Å². The summed E-state index contributed by atoms with van der Waals surface area (Å²) in [7, 11) is 0. The van der Waals surface area contributed by atoms with E-state index in [1.54, 1.807) is 6.20 Å². The van der Waals surface area contributed by atoms with Crippen molar-refractivity contribution in [3.63, 3.8) is 0 Å². The molecule has 0 bridgehead atoms. The molecule has 1 saturated carbocycles. The Morgan fingerprint density at radius 1 is 0.902 bits per heavy atom. The van der Waals surface area contributed by atoms with Crippen LogP contribution in [0.2, 0.25) is 0 Å². The van der Waals surface area contributed by atoms with Crippen molar-refractivity contribution in [2.45, 2.75) is 37.6 Å². The van der Waals surface area contributed by atoms with Crippen molar-refractivity contribution in [1.82, 2.24) is 24.4 Å². The second-order valence-corrected chi connectivity index (χ2v) is 11.1. The van der Waals surface area contributed by atoms with Crippen LogP contribution in [-0.4, -0.2) is 38.4 Å². The van der Waals surface area contributed by atoms with E-state index >= 15 is 0 Å². The number of halogens is 1. The van der Waals surface area contributed by atoms with Crippen LogP contribution in [0, 0.1) is 0 Å². The highest BCUT2D eigenvalue weighted by molar-refractivity contribution is 6.14. The van der Waals surface area contributed by atoms with Crippen molar-refractivity contribution < 1.29 is 4.79 Å². The number of Topliss-reactive ketones (excluding diaryl/α,β-unsaturated/α-hetero) is 1. The number of hydrogen-bond acceptors (Lipinski definition) is 7. The normalized spacial score (nSPS) is 16.6. The number of nitrogens with zero attached hydrogens (tertiary/aromatic N) is 5. The van der Waals surface area contributed by atoms with Crippen LogP contribution in [0.15, 0.2) is 79.0 Å². The Bertz CT molecular complexity index is 1740. The van der Waals surface area contributed by atoms with E-state index in [9.17, 15) is 4.79 Å². The average Bonchev–Trinajstić information content (AvgIpc) is 3.36. The Morgan fingerprint density at radius 3 is 2.41 bits per heavy atom. The van der Waals surface area contributed by atoms with E-state index in [0.29, 0.717) is 30.3 Å². The first-order valence-corrected chi connectivity index (χ1v) is 14.4. The third kappa shape index (κ3) is 4.53. The topological polar surface area (TPSA) is 102 Å². The zero-order chi connectivity index (χ0) is 28.0. The molecule has 9 heteroatoms. The minimum Gasteiger partial charge on any atom is -0.383 e. The number of piperidine rings is 1. The molecular formula is C32H30ClN7O. The van der Waals surface area contributed by atoms with Crippen molar-refractivity contribution in [2.75, 3.05) is 23.7 Å². The summed E-state index contributed by atoms with van der Waals surface area (Å²) in [4.78, 5) is 31.5. The molecule has 7 rings (SSSR count). The van der Waals surface area contributed by atoms with E-state index in [2.05, 4.69) is 61.8 Å². The van der Waals surface area contributed by atoms with Gasteiger partial charge in [-0.1, -0.05) is 24.3 Å². The molecule has 0 amide bonds. The maximum atomic E-state index is 11.8. The van der Waals surface area contributed by atoms with Gasteiger partial charge in [0, 0.05) is 49.1 Å². The van der Waals surface area contributed by atoms with Crippen molar-refractivity contribution in [3.8, 4) is 28.3 Å². The number of nitrogens with two attached hydrogens (primary N) is 1. The van der Waals surface area contributed by atoms with Crippen molar-refractivity contribution in [3.05, 3.63) is 84.6 Å². The van der Waals surface area contributed by atoms with Crippen molar-refractivity contribution in [1.29, 1.82) is 0 Å². The molecule has 1 aliphatic heterocycles. The summed E-state index contributed by atoms with van der Waals surface area (Å²) in [5, 5.41) is 0. The number of imidazole rings is 1. The number of carbonyl (C=O) groups is 1. The number of rotatable bonds is 6. The second kappa shape index (κ2) is 10.3. The van der Waals surface area contributed by atoms with Crippen LogP contribution in [0.5, 0.6) is 0 Å². The Hall–Kier alpha value is -4.27. The quantitative estimate of drug-likeness (QED) is 0.243. The fourth-order valence-corrected chi connectivity index (χ4v) is 6.22. The van der Waals surface area contributed by atoms with Crippen LogP contribution in [0.3, 0.4) is 0 Å². The molecule has 0 radical (unpaired) electrons. The van der Waals surface area contributed by atoms with E-state index in [-0.39, 0.29) is 5.54 Å². The third-order valence-electron chi connectivity index (χ3n) is 8.48. The van der Waals surface area contributed by atoms with Gasteiger partial charge in [0.15, 0.2) is 11.5 Å². The van der Waals surface area contributed by atoms with E-state index in [0.717, 1.165) is 71.7 Å². The number of anilines is 2. The first-order valence-electron chi connectivity index (χ1n) is 14.0. The molecule has 2 aliphatic rings. The zero-order valence-electron chi connectivity index (χ0n) is 22.6. The lowest BCUT2D eigenvalue weighted by molar-refractivity contribution is -0.119. The van der Waals surface area contributed by atoms with Gasteiger partial charge in [-0.25, -0.2) is 19.8 Å². The number of nitrogen functional groups attached to an aromatic ring is 1. The van der Waals surface area contributed by atoms with Gasteiger partial charge in [0.05, 0.1) is 16.8 Å². The van der Waals surface area contributed by atoms with Crippen LogP contribution in [0.25, 0.3) is 39.5 Å². The van der Waals surface area contributed by atoms with Crippen LogP contribution < -0.4 is 15.5 Å². The molecule has 2 aromatic carbocycles. The predicted octanol–water partition coefficient (Wildman–Crippen LogP) is 6.02. The second-order valence-electron chi connectivity index (χ2n) is 10.9. The van der Waals surface area contributed by atoms with E-state index in [1.807, 2.05) is 30.3 Å². The van der Waals surface area contributed by atoms with E-state index in [1.165, 1.54) is 5.56 Å². The molecular weight excluding hydrogens is 534 g/mol. The number of ketones is 1. The molecule has 3 N–H and O–H groups in total. The Labute approximate surface area is 243 Å². The SMILES string of the molecule is Nc1ncccc1-c1nc2ccc(-c3cccc(N4CCC(=O)CC4)c3)nc2n1-c1ccc(C2(NCl)CCC2)cc1. The Morgan fingerprint density at radius 2 is 1.71 bits per heavy atom. The maximum absolute atomic E-state index is 11.8. The van der Waals surface area contributed by atoms with E-state index in [4.69, 9.17) is 27.5 Å². The standard InChI is InChI=1S/C32H30ClN7O/c33-38-32(15-3-16-32)22-7-9-23(10-8-22)40-30(26-6-2-17-35-29(26)34)37-28-12-11-27(36-31(28)40)21-4-1-5-24(20-21)39-18-13-25(41)14-19-39/h1-2,4-12,17,20,38H,3,13-16,18-19H2,(H2,34,35). The number of fused-ring (bicyclic) bond motifs is 1. The number of hydrogen-bond donors (Lipinski definition) is 2. The summed E-state index contributed by atoms with van der Waals surface area (Å²) in [5.41, 5.74) is 13.4. The lowest BCUT2D eigenvalue weighted by atomic mass is 9.73. The molecule has 4 heterocycles. The number of pyridine rings is 2. The van der Waals surface area contributed by atoms with Gasteiger partial charge in [-0.2, -0.15) is 0 Å². The molecule has 0 atom stereocenters. The summed E-state index contributed by atoms with van der Waals surface area (Å²) in [6, 6.07) is 24.6. The fraction of sp³-hybridized carbons (Fsp3) is 0.250. The molecule has 41 heavy (non-hydrogen) atoms. The molecule has 3 aromatic heterocycles. The number of aromatic nitrogens is 4. The largest absolute Gasteiger partial charge is 0.383 e. The summed E-state index contributed by atoms with van der Waals surface area (Å²) < 4.78 is 2.05. The smallest absolute Gasteiger partial charge is 0.165 e. The van der Waals surface area contributed by atoms with Crippen LogP contribution in [0.4, 0.5) is 11.5 Å². The number of carbonyl (C=O) groups excluding carboxylic acids is 1. The molecule has 206 valence electrons. The highest BCUT2D eigenvalue weighted by atomic mass is 35.5. The average molecular weight is 564 g/mol. The maximum Gasteiger partial charge on any atom is 0.165 e. The predicted molar refractivity (Wildman–Crippen MR) is 163 cm³/mol. The highest BCUT2D eigenvalue weighted by Gasteiger charge is 2.38. The molecule has 0 spiro atoms. The lowest BCUT2D eigenvalue weighted by Crippen LogP contribution is -2.43. The van der Waals surface area contributed by atoms with E-state index < -0.39 is 0 Å². The first-order chi connectivity index (χ1) is 20.0. The monoisotopic (exact) mass is 563 g/mol. The Kier molecular flexibility index (Phi) is 6.44. The molecule has 0 unspecified atom stereocenters. The summed E-state index contributed by atoms with van der Waals surface area (Å²) in [6.07, 6.45) is 6.04. The van der Waals surface area contributed by atoms with Gasteiger partial charge in [-0.15, -0.1) is 0 Å². The lowest BCUT2D eigenvalue weighted by Gasteiger charge is -2.41. The van der Waals surface area contributed by atoms with Gasteiger partial charge >= 0.3 is 0 Å². The third-order valence-corrected chi connectivity index (χ3v) is 8.84. The van der Waals surface area contributed by atoms with Crippen LogP contribution in [-0.2, 0) is 10.3 Å². The van der Waals surface area contributed by atoms with Crippen LogP contribution in [0.1, 0.15) is 37.7 Å². The molecule has 5 aromatic rings. The first kappa shape index (κ1) is 25.7. The Balaban J connectivity index is 1.34. The van der Waals surface area contributed by atoms with Crippen molar-refractivity contribution >= 4 is 40.2 Å². The highest BCUT2D eigenvalue weighted by Crippen LogP contribution is 2.42.